The molecule has 0 saturated heterocycles. The molecule has 0 amide bonds. The van der Waals surface area contributed by atoms with E-state index in [1.807, 2.05) is 42.7 Å². The number of nitrogens with two attached hydrogens (primary N) is 1. The maximum atomic E-state index is 6.22. The van der Waals surface area contributed by atoms with Crippen molar-refractivity contribution in [3.8, 4) is 22.4 Å². The summed E-state index contributed by atoms with van der Waals surface area (Å²) < 4.78 is 0. The van der Waals surface area contributed by atoms with Gasteiger partial charge >= 0.3 is 0 Å². The first-order valence-electron chi connectivity index (χ1n) is 9.22. The van der Waals surface area contributed by atoms with Crippen LogP contribution in [0.1, 0.15) is 43.7 Å². The van der Waals surface area contributed by atoms with E-state index < -0.39 is 0 Å². The Hall–Kier alpha value is -2.17. The molecule has 4 nitrogen and oxygen atoms in total. The van der Waals surface area contributed by atoms with Gasteiger partial charge in [0.25, 0.3) is 0 Å². The van der Waals surface area contributed by atoms with Crippen LogP contribution >= 0.6 is 11.6 Å². The quantitative estimate of drug-likeness (QED) is 0.628. The number of H-pyrrole nitrogens is 1. The van der Waals surface area contributed by atoms with Crippen molar-refractivity contribution < 1.29 is 0 Å². The molecule has 2 atom stereocenters. The zero-order valence-corrected chi connectivity index (χ0v) is 15.4. The van der Waals surface area contributed by atoms with Gasteiger partial charge in [0.05, 0.1) is 0 Å². The lowest BCUT2D eigenvalue weighted by atomic mass is 9.89. The van der Waals surface area contributed by atoms with Gasteiger partial charge in [0, 0.05) is 46.2 Å². The van der Waals surface area contributed by atoms with E-state index in [4.69, 9.17) is 22.4 Å². The van der Waals surface area contributed by atoms with Crippen molar-refractivity contribution in [1.29, 1.82) is 0 Å². The molecular formula is C21H23ClN4. The van der Waals surface area contributed by atoms with Crippen molar-refractivity contribution in [3.63, 3.8) is 0 Å². The number of hydrogen-bond donors (Lipinski definition) is 2. The second-order valence-electron chi connectivity index (χ2n) is 7.07. The van der Waals surface area contributed by atoms with Gasteiger partial charge in [-0.1, -0.05) is 30.2 Å². The number of nitrogens with one attached hydrogen (secondary N) is 1. The van der Waals surface area contributed by atoms with Crippen molar-refractivity contribution in [2.75, 3.05) is 0 Å². The molecule has 0 aliphatic heterocycles. The van der Waals surface area contributed by atoms with E-state index in [-0.39, 0.29) is 0 Å². The molecule has 2 aromatic heterocycles. The number of pyridine rings is 1. The van der Waals surface area contributed by atoms with Gasteiger partial charge in [-0.15, -0.1) is 0 Å². The largest absolute Gasteiger partial charge is 0.328 e. The Balaban J connectivity index is 1.82. The topological polar surface area (TPSA) is 67.6 Å². The summed E-state index contributed by atoms with van der Waals surface area (Å²) in [6.45, 7) is 0. The standard InChI is InChI=1S/C21H23ClN4/c22-17-5-1-4-16(13-17)21-19(14-9-11-24-12-10-14)20(25-26-21)15-3-2-6-18(23)8-7-15/h1,4-5,9-13,15,18H,2-3,6-8,23H2,(H,25,26)/t15-,18+/m1/s1. The Morgan fingerprint density at radius 1 is 1.00 bits per heavy atom. The van der Waals surface area contributed by atoms with Gasteiger partial charge < -0.3 is 5.73 Å². The molecule has 1 aromatic carbocycles. The maximum absolute atomic E-state index is 6.22. The van der Waals surface area contributed by atoms with Crippen molar-refractivity contribution >= 4 is 11.6 Å². The van der Waals surface area contributed by atoms with Crippen molar-refractivity contribution in [1.82, 2.24) is 15.2 Å². The van der Waals surface area contributed by atoms with E-state index in [2.05, 4.69) is 16.1 Å². The minimum atomic E-state index is 0.319. The summed E-state index contributed by atoms with van der Waals surface area (Å²) in [4.78, 5) is 4.17. The summed E-state index contributed by atoms with van der Waals surface area (Å²) in [7, 11) is 0. The van der Waals surface area contributed by atoms with Crippen LogP contribution in [-0.4, -0.2) is 21.2 Å². The van der Waals surface area contributed by atoms with Crippen LogP contribution in [0.2, 0.25) is 5.02 Å². The summed E-state index contributed by atoms with van der Waals surface area (Å²) in [5, 5.41) is 8.76. The van der Waals surface area contributed by atoms with Crippen LogP contribution in [0, 0.1) is 0 Å². The number of nitrogens with zero attached hydrogens (tertiary/aromatic N) is 2. The number of aromatic amines is 1. The molecule has 134 valence electrons. The fourth-order valence-corrected chi connectivity index (χ4v) is 4.12. The predicted molar refractivity (Wildman–Crippen MR) is 106 cm³/mol. The third kappa shape index (κ3) is 3.53. The molecule has 0 bridgehead atoms. The van der Waals surface area contributed by atoms with E-state index in [9.17, 15) is 0 Å². The van der Waals surface area contributed by atoms with Gasteiger partial charge in [-0.05, 0) is 55.5 Å². The molecule has 3 N–H and O–H groups in total. The second kappa shape index (κ2) is 7.60. The Labute approximate surface area is 158 Å². The molecule has 1 aliphatic rings. The molecule has 0 radical (unpaired) electrons. The molecule has 26 heavy (non-hydrogen) atoms. The molecular weight excluding hydrogens is 344 g/mol. The molecule has 5 heteroatoms. The highest BCUT2D eigenvalue weighted by Crippen LogP contribution is 2.41. The Morgan fingerprint density at radius 2 is 1.85 bits per heavy atom. The molecule has 2 heterocycles. The van der Waals surface area contributed by atoms with E-state index in [0.29, 0.717) is 17.0 Å². The molecule has 3 aromatic rings. The van der Waals surface area contributed by atoms with E-state index in [1.165, 1.54) is 5.69 Å². The van der Waals surface area contributed by atoms with E-state index >= 15 is 0 Å². The monoisotopic (exact) mass is 366 g/mol. The fourth-order valence-electron chi connectivity index (χ4n) is 3.93. The van der Waals surface area contributed by atoms with Gasteiger partial charge in [-0.25, -0.2) is 0 Å². The van der Waals surface area contributed by atoms with Gasteiger partial charge in [-0.3, -0.25) is 10.1 Å². The number of benzene rings is 1. The summed E-state index contributed by atoms with van der Waals surface area (Å²) >= 11 is 6.22. The minimum Gasteiger partial charge on any atom is -0.328 e. The molecule has 1 aliphatic carbocycles. The third-order valence-corrected chi connectivity index (χ3v) is 5.52. The number of aromatic nitrogens is 3. The van der Waals surface area contributed by atoms with Crippen molar-refractivity contribution in [2.45, 2.75) is 44.1 Å². The van der Waals surface area contributed by atoms with Gasteiger partial charge in [0.1, 0.15) is 5.69 Å². The molecule has 1 fully saturated rings. The second-order valence-corrected chi connectivity index (χ2v) is 7.51. The minimum absolute atomic E-state index is 0.319. The SMILES string of the molecule is N[C@H]1CCC[C@@H](c2[nH]nc(-c3cccc(Cl)c3)c2-c2ccncc2)CC1. The average Bonchev–Trinajstić information content (AvgIpc) is 2.99. The fraction of sp³-hybridized carbons (Fsp3) is 0.333. The highest BCUT2D eigenvalue weighted by atomic mass is 35.5. The van der Waals surface area contributed by atoms with Crippen molar-refractivity contribution in [2.24, 2.45) is 5.73 Å². The van der Waals surface area contributed by atoms with Gasteiger partial charge in [-0.2, -0.15) is 5.10 Å². The summed E-state index contributed by atoms with van der Waals surface area (Å²) in [5.41, 5.74) is 11.7. The number of rotatable bonds is 3. The highest BCUT2D eigenvalue weighted by molar-refractivity contribution is 6.30. The Kier molecular flexibility index (Phi) is 5.05. The third-order valence-electron chi connectivity index (χ3n) is 5.28. The van der Waals surface area contributed by atoms with Crippen LogP contribution in [0.4, 0.5) is 0 Å². The molecule has 1 saturated carbocycles. The Morgan fingerprint density at radius 3 is 2.65 bits per heavy atom. The molecule has 0 spiro atoms. The first-order valence-corrected chi connectivity index (χ1v) is 9.60. The van der Waals surface area contributed by atoms with E-state index in [1.54, 1.807) is 0 Å². The van der Waals surface area contributed by atoms with Crippen LogP contribution < -0.4 is 5.73 Å². The van der Waals surface area contributed by atoms with Gasteiger partial charge in [0.2, 0.25) is 0 Å². The number of halogens is 1. The predicted octanol–water partition coefficient (Wildman–Crippen LogP) is 5.17. The maximum Gasteiger partial charge on any atom is 0.100 e. The molecule has 4 rings (SSSR count). The summed E-state index contributed by atoms with van der Waals surface area (Å²) in [6.07, 6.45) is 9.22. The van der Waals surface area contributed by atoms with Crippen LogP contribution in [-0.2, 0) is 0 Å². The van der Waals surface area contributed by atoms with Crippen LogP contribution in [0.15, 0.2) is 48.8 Å². The van der Waals surface area contributed by atoms with Crippen molar-refractivity contribution in [3.05, 3.63) is 59.5 Å². The summed E-state index contributed by atoms with van der Waals surface area (Å²) in [6, 6.07) is 12.3. The lowest BCUT2D eigenvalue weighted by Crippen LogP contribution is -2.18. The van der Waals surface area contributed by atoms with E-state index in [0.717, 1.165) is 54.5 Å². The zero-order chi connectivity index (χ0) is 17.9. The summed E-state index contributed by atoms with van der Waals surface area (Å²) in [5.74, 6) is 0.451. The van der Waals surface area contributed by atoms with Crippen LogP contribution in [0.25, 0.3) is 22.4 Å². The van der Waals surface area contributed by atoms with Crippen LogP contribution in [0.3, 0.4) is 0 Å². The first-order chi connectivity index (χ1) is 12.7. The first kappa shape index (κ1) is 17.3. The average molecular weight is 367 g/mol. The highest BCUT2D eigenvalue weighted by Gasteiger charge is 2.25. The normalized spacial score (nSPS) is 20.7. The molecule has 0 unspecified atom stereocenters. The van der Waals surface area contributed by atoms with Crippen LogP contribution in [0.5, 0.6) is 0 Å². The Bertz CT molecular complexity index is 875. The number of hydrogen-bond acceptors (Lipinski definition) is 3. The smallest absolute Gasteiger partial charge is 0.100 e. The lowest BCUT2D eigenvalue weighted by Gasteiger charge is -2.15. The lowest BCUT2D eigenvalue weighted by molar-refractivity contribution is 0.560. The zero-order valence-electron chi connectivity index (χ0n) is 14.7. The van der Waals surface area contributed by atoms with Gasteiger partial charge in [0.15, 0.2) is 0 Å².